The number of amides is 1. The van der Waals surface area contributed by atoms with Crippen LogP contribution in [-0.2, 0) is 22.6 Å². The third kappa shape index (κ3) is 4.15. The van der Waals surface area contributed by atoms with Crippen molar-refractivity contribution in [3.63, 3.8) is 0 Å². The van der Waals surface area contributed by atoms with Gasteiger partial charge in [-0.1, -0.05) is 17.3 Å². The molecule has 0 aliphatic rings. The molecular weight excluding hydrogens is 336 g/mol. The van der Waals surface area contributed by atoms with Crippen molar-refractivity contribution in [3.8, 4) is 0 Å². The number of rotatable bonds is 8. The number of aromatic nitrogens is 3. The molecular formula is C18H20N4O4. The Morgan fingerprint density at radius 2 is 2.12 bits per heavy atom. The van der Waals surface area contributed by atoms with Crippen LogP contribution >= 0.6 is 0 Å². The molecule has 0 radical (unpaired) electrons. The van der Waals surface area contributed by atoms with Gasteiger partial charge in [-0.05, 0) is 24.3 Å². The van der Waals surface area contributed by atoms with Gasteiger partial charge < -0.3 is 14.1 Å². The fraction of sp³-hybridized carbons (Fsp3) is 0.333. The topological polar surface area (TPSA) is 90.5 Å². The number of furan rings is 1. The number of carbonyl (C=O) groups excluding carboxylic acids is 1. The van der Waals surface area contributed by atoms with Gasteiger partial charge in [0.05, 0.1) is 31.3 Å². The minimum atomic E-state index is -0.252. The molecule has 0 saturated carbocycles. The molecule has 8 heteroatoms. The number of fused-ring (bicyclic) bond motifs is 1. The number of nitrogens with zero attached hydrogens (tertiary/aromatic N) is 4. The number of hydrogen-bond donors (Lipinski definition) is 0. The van der Waals surface area contributed by atoms with Gasteiger partial charge >= 0.3 is 0 Å². The quantitative estimate of drug-likeness (QED) is 0.607. The first-order chi connectivity index (χ1) is 12.7. The lowest BCUT2D eigenvalue weighted by molar-refractivity contribution is -0.133. The molecule has 0 bridgehead atoms. The normalized spacial score (nSPS) is 11.0. The lowest BCUT2D eigenvalue weighted by Crippen LogP contribution is -2.35. The molecule has 0 aliphatic heterocycles. The third-order valence-corrected chi connectivity index (χ3v) is 4.01. The molecule has 0 atom stereocenters. The highest BCUT2D eigenvalue weighted by Crippen LogP contribution is 2.08. The highest BCUT2D eigenvalue weighted by Gasteiger charge is 2.16. The predicted molar refractivity (Wildman–Crippen MR) is 94.4 cm³/mol. The molecule has 0 aliphatic carbocycles. The summed E-state index contributed by atoms with van der Waals surface area (Å²) in [5, 5.41) is 8.43. The van der Waals surface area contributed by atoms with Crippen LogP contribution in [-0.4, -0.2) is 46.1 Å². The second-order valence-electron chi connectivity index (χ2n) is 5.77. The van der Waals surface area contributed by atoms with E-state index in [1.807, 2.05) is 6.07 Å². The Balaban J connectivity index is 1.69. The monoisotopic (exact) mass is 356 g/mol. The highest BCUT2D eigenvalue weighted by atomic mass is 16.5. The maximum atomic E-state index is 12.6. The smallest absolute Gasteiger partial charge is 0.277 e. The van der Waals surface area contributed by atoms with Crippen LogP contribution in [0.15, 0.2) is 51.9 Å². The van der Waals surface area contributed by atoms with E-state index >= 15 is 0 Å². The van der Waals surface area contributed by atoms with E-state index in [-0.39, 0.29) is 24.4 Å². The number of hydrogen-bond acceptors (Lipinski definition) is 6. The molecule has 0 saturated heterocycles. The Labute approximate surface area is 150 Å². The standard InChI is InChI=1S/C18H20N4O4/c1-25-12-10-21(13-14-5-4-11-26-14)17(23)8-9-22-18(24)15-6-2-3-7-16(15)19-20-22/h2-7,11H,8-10,12-13H2,1H3. The second-order valence-corrected chi connectivity index (χ2v) is 5.77. The summed E-state index contributed by atoms with van der Waals surface area (Å²) in [5.41, 5.74) is 0.289. The average molecular weight is 356 g/mol. The van der Waals surface area contributed by atoms with E-state index in [0.717, 1.165) is 0 Å². The fourth-order valence-electron chi connectivity index (χ4n) is 2.61. The zero-order valence-electron chi connectivity index (χ0n) is 14.5. The van der Waals surface area contributed by atoms with Crippen molar-refractivity contribution in [1.29, 1.82) is 0 Å². The van der Waals surface area contributed by atoms with E-state index in [1.165, 1.54) is 4.68 Å². The summed E-state index contributed by atoms with van der Waals surface area (Å²) in [5.74, 6) is 0.581. The predicted octanol–water partition coefficient (Wildman–Crippen LogP) is 1.45. The number of aryl methyl sites for hydroxylation is 1. The van der Waals surface area contributed by atoms with Crippen LogP contribution in [0, 0.1) is 0 Å². The molecule has 0 fully saturated rings. The van der Waals surface area contributed by atoms with Gasteiger partial charge in [0.15, 0.2) is 0 Å². The highest BCUT2D eigenvalue weighted by molar-refractivity contribution is 5.77. The van der Waals surface area contributed by atoms with E-state index in [2.05, 4.69) is 10.3 Å². The van der Waals surface area contributed by atoms with Crippen LogP contribution in [0.4, 0.5) is 0 Å². The molecule has 26 heavy (non-hydrogen) atoms. The molecule has 1 aromatic carbocycles. The van der Waals surface area contributed by atoms with Crippen molar-refractivity contribution in [2.45, 2.75) is 19.5 Å². The molecule has 2 aromatic heterocycles. The average Bonchev–Trinajstić information content (AvgIpc) is 3.17. The molecule has 2 heterocycles. The van der Waals surface area contributed by atoms with Crippen LogP contribution in [0.2, 0.25) is 0 Å². The van der Waals surface area contributed by atoms with E-state index in [9.17, 15) is 9.59 Å². The van der Waals surface area contributed by atoms with Gasteiger partial charge in [-0.2, -0.15) is 0 Å². The lowest BCUT2D eigenvalue weighted by Gasteiger charge is -2.21. The summed E-state index contributed by atoms with van der Waals surface area (Å²) >= 11 is 0. The first kappa shape index (κ1) is 17.8. The summed E-state index contributed by atoms with van der Waals surface area (Å²) in [6.07, 6.45) is 1.70. The van der Waals surface area contributed by atoms with Crippen LogP contribution in [0.25, 0.3) is 10.9 Å². The lowest BCUT2D eigenvalue weighted by atomic mass is 10.2. The van der Waals surface area contributed by atoms with Crippen molar-refractivity contribution in [2.24, 2.45) is 0 Å². The van der Waals surface area contributed by atoms with Crippen molar-refractivity contribution in [3.05, 3.63) is 58.8 Å². The van der Waals surface area contributed by atoms with E-state index < -0.39 is 0 Å². The zero-order chi connectivity index (χ0) is 18.4. The van der Waals surface area contributed by atoms with Crippen molar-refractivity contribution < 1.29 is 13.9 Å². The van der Waals surface area contributed by atoms with Gasteiger partial charge in [0.2, 0.25) is 5.91 Å². The second kappa shape index (κ2) is 8.39. The maximum absolute atomic E-state index is 12.6. The molecule has 136 valence electrons. The Morgan fingerprint density at radius 1 is 1.27 bits per heavy atom. The third-order valence-electron chi connectivity index (χ3n) is 4.01. The number of carbonyl (C=O) groups is 1. The van der Waals surface area contributed by atoms with Crippen molar-refractivity contribution in [2.75, 3.05) is 20.3 Å². The summed E-state index contributed by atoms with van der Waals surface area (Å²) < 4.78 is 11.6. The SMILES string of the molecule is COCCN(Cc1ccco1)C(=O)CCn1nnc2ccccc2c1=O. The van der Waals surface area contributed by atoms with Gasteiger partial charge in [-0.25, -0.2) is 4.68 Å². The van der Waals surface area contributed by atoms with Gasteiger partial charge in [-0.15, -0.1) is 5.10 Å². The van der Waals surface area contributed by atoms with E-state index in [4.69, 9.17) is 9.15 Å². The minimum absolute atomic E-state index is 0.111. The molecule has 3 rings (SSSR count). The first-order valence-corrected chi connectivity index (χ1v) is 8.30. The Hall–Kier alpha value is -3.00. The van der Waals surface area contributed by atoms with Crippen LogP contribution in [0.1, 0.15) is 12.2 Å². The van der Waals surface area contributed by atoms with E-state index in [0.29, 0.717) is 36.4 Å². The van der Waals surface area contributed by atoms with Crippen LogP contribution in [0.5, 0.6) is 0 Å². The summed E-state index contributed by atoms with van der Waals surface area (Å²) in [4.78, 5) is 26.7. The van der Waals surface area contributed by atoms with Crippen LogP contribution < -0.4 is 5.56 Å². The number of ether oxygens (including phenoxy) is 1. The fourth-order valence-corrected chi connectivity index (χ4v) is 2.61. The first-order valence-electron chi connectivity index (χ1n) is 8.30. The Bertz CT molecular complexity index is 920. The van der Waals surface area contributed by atoms with Gasteiger partial charge in [0, 0.05) is 20.1 Å². The van der Waals surface area contributed by atoms with Crippen LogP contribution in [0.3, 0.4) is 0 Å². The molecule has 0 N–H and O–H groups in total. The maximum Gasteiger partial charge on any atom is 0.277 e. The number of benzene rings is 1. The molecule has 0 spiro atoms. The van der Waals surface area contributed by atoms with Gasteiger partial charge in [0.25, 0.3) is 5.56 Å². The van der Waals surface area contributed by atoms with Gasteiger partial charge in [-0.3, -0.25) is 9.59 Å². The summed E-state index contributed by atoms with van der Waals surface area (Å²) in [7, 11) is 1.58. The molecule has 1 amide bonds. The summed E-state index contributed by atoms with van der Waals surface area (Å²) in [6, 6.07) is 10.6. The molecule has 3 aromatic rings. The zero-order valence-corrected chi connectivity index (χ0v) is 14.5. The van der Waals surface area contributed by atoms with Crippen molar-refractivity contribution in [1.82, 2.24) is 19.9 Å². The molecule has 0 unspecified atom stereocenters. The minimum Gasteiger partial charge on any atom is -0.467 e. The Kier molecular flexibility index (Phi) is 5.75. The summed E-state index contributed by atoms with van der Waals surface area (Å²) in [6.45, 7) is 1.38. The van der Waals surface area contributed by atoms with E-state index in [1.54, 1.807) is 48.6 Å². The van der Waals surface area contributed by atoms with Gasteiger partial charge in [0.1, 0.15) is 11.3 Å². The van der Waals surface area contributed by atoms with Crippen molar-refractivity contribution >= 4 is 16.8 Å². The largest absolute Gasteiger partial charge is 0.467 e. The molecule has 8 nitrogen and oxygen atoms in total. The number of methoxy groups -OCH3 is 1. The Morgan fingerprint density at radius 3 is 2.88 bits per heavy atom.